The van der Waals surface area contributed by atoms with Gasteiger partial charge in [-0.15, -0.1) is 0 Å². The molecule has 0 aromatic heterocycles. The molecule has 1 aliphatic heterocycles. The van der Waals surface area contributed by atoms with Crippen molar-refractivity contribution in [2.75, 3.05) is 13.1 Å². The maximum absolute atomic E-state index is 12.8. The van der Waals surface area contributed by atoms with Crippen LogP contribution in [0, 0.1) is 5.92 Å². The van der Waals surface area contributed by atoms with Gasteiger partial charge in [-0.25, -0.2) is 4.79 Å². The number of carbonyl (C=O) groups is 1. The molecule has 1 saturated carbocycles. The van der Waals surface area contributed by atoms with Crippen LogP contribution in [-0.4, -0.2) is 41.3 Å². The third-order valence-electron chi connectivity index (χ3n) is 5.45. The lowest BCUT2D eigenvalue weighted by molar-refractivity contribution is -0.0330. The van der Waals surface area contributed by atoms with E-state index in [-0.39, 0.29) is 11.6 Å². The largest absolute Gasteiger partial charge is 0.444 e. The summed E-state index contributed by atoms with van der Waals surface area (Å²) in [6.45, 7) is 12.3. The first-order valence-electron chi connectivity index (χ1n) is 9.96. The first-order chi connectivity index (χ1) is 11.2. The zero-order valence-corrected chi connectivity index (χ0v) is 16.5. The van der Waals surface area contributed by atoms with Crippen LogP contribution in [0.1, 0.15) is 86.0 Å². The second-order valence-corrected chi connectivity index (χ2v) is 9.24. The molecule has 0 bridgehead atoms. The lowest BCUT2D eigenvalue weighted by atomic mass is 9.73. The predicted molar refractivity (Wildman–Crippen MR) is 99.2 cm³/mol. The van der Waals surface area contributed by atoms with Gasteiger partial charge in [-0.2, -0.15) is 0 Å². The van der Waals surface area contributed by atoms with Crippen molar-refractivity contribution >= 4 is 6.09 Å². The third-order valence-corrected chi connectivity index (χ3v) is 5.45. The van der Waals surface area contributed by atoms with Gasteiger partial charge in [0.1, 0.15) is 5.60 Å². The Hall–Kier alpha value is -0.770. The zero-order valence-electron chi connectivity index (χ0n) is 16.5. The average molecular weight is 339 g/mol. The van der Waals surface area contributed by atoms with Crippen LogP contribution in [0.15, 0.2) is 0 Å². The fraction of sp³-hybridized carbons (Fsp3) is 0.950. The Balaban J connectivity index is 2.02. The number of amides is 1. The van der Waals surface area contributed by atoms with E-state index in [9.17, 15) is 4.79 Å². The monoisotopic (exact) mass is 338 g/mol. The average Bonchev–Trinajstić information content (AvgIpc) is 2.45. The van der Waals surface area contributed by atoms with Gasteiger partial charge in [0.2, 0.25) is 0 Å². The summed E-state index contributed by atoms with van der Waals surface area (Å²) >= 11 is 0. The van der Waals surface area contributed by atoms with Crippen molar-refractivity contribution in [1.29, 1.82) is 0 Å². The van der Waals surface area contributed by atoms with Crippen LogP contribution in [0.4, 0.5) is 4.79 Å². The van der Waals surface area contributed by atoms with Crippen LogP contribution in [0.3, 0.4) is 0 Å². The van der Waals surface area contributed by atoms with E-state index in [0.717, 1.165) is 44.7 Å². The van der Waals surface area contributed by atoms with E-state index in [2.05, 4.69) is 24.1 Å². The number of carbonyl (C=O) groups excluding carboxylic acids is 1. The molecular formula is C20H38N2O2. The molecule has 0 aromatic carbocycles. The van der Waals surface area contributed by atoms with E-state index in [4.69, 9.17) is 4.74 Å². The Morgan fingerprint density at radius 3 is 2.50 bits per heavy atom. The molecule has 2 rings (SSSR count). The van der Waals surface area contributed by atoms with Crippen molar-refractivity contribution in [1.82, 2.24) is 10.2 Å². The van der Waals surface area contributed by atoms with Crippen LogP contribution in [0.5, 0.6) is 0 Å². The van der Waals surface area contributed by atoms with Gasteiger partial charge in [-0.1, -0.05) is 33.1 Å². The molecule has 1 saturated heterocycles. The van der Waals surface area contributed by atoms with E-state index < -0.39 is 5.60 Å². The van der Waals surface area contributed by atoms with Gasteiger partial charge in [0.15, 0.2) is 0 Å². The second kappa shape index (κ2) is 8.07. The maximum atomic E-state index is 12.8. The second-order valence-electron chi connectivity index (χ2n) is 9.24. The molecule has 2 fully saturated rings. The highest BCUT2D eigenvalue weighted by molar-refractivity contribution is 5.69. The summed E-state index contributed by atoms with van der Waals surface area (Å²) < 4.78 is 5.72. The molecular weight excluding hydrogens is 300 g/mol. The topological polar surface area (TPSA) is 41.6 Å². The van der Waals surface area contributed by atoms with Crippen molar-refractivity contribution in [3.63, 3.8) is 0 Å². The van der Waals surface area contributed by atoms with Gasteiger partial charge in [-0.3, -0.25) is 0 Å². The Morgan fingerprint density at radius 2 is 1.92 bits per heavy atom. The molecule has 140 valence electrons. The minimum absolute atomic E-state index is 0.0222. The normalized spacial score (nSPS) is 24.4. The molecule has 0 radical (unpaired) electrons. The first-order valence-corrected chi connectivity index (χ1v) is 9.96. The van der Waals surface area contributed by atoms with E-state index >= 15 is 0 Å². The van der Waals surface area contributed by atoms with E-state index in [1.165, 1.54) is 25.7 Å². The Bertz CT molecular complexity index is 408. The Kier molecular flexibility index (Phi) is 6.58. The fourth-order valence-corrected chi connectivity index (χ4v) is 4.23. The Morgan fingerprint density at radius 1 is 1.25 bits per heavy atom. The van der Waals surface area contributed by atoms with Crippen LogP contribution >= 0.6 is 0 Å². The van der Waals surface area contributed by atoms with Gasteiger partial charge >= 0.3 is 6.09 Å². The summed E-state index contributed by atoms with van der Waals surface area (Å²) in [5.41, 5.74) is -0.395. The van der Waals surface area contributed by atoms with E-state index in [1.54, 1.807) is 0 Å². The van der Waals surface area contributed by atoms with Crippen molar-refractivity contribution in [2.45, 2.75) is 103 Å². The smallest absolute Gasteiger partial charge is 0.410 e. The number of rotatable bonds is 4. The highest BCUT2D eigenvalue weighted by Gasteiger charge is 2.46. The van der Waals surface area contributed by atoms with Gasteiger partial charge in [-0.05, 0) is 65.3 Å². The van der Waals surface area contributed by atoms with Crippen LogP contribution < -0.4 is 5.32 Å². The quantitative estimate of drug-likeness (QED) is 0.806. The molecule has 1 amide bonds. The van der Waals surface area contributed by atoms with Gasteiger partial charge < -0.3 is 15.0 Å². The summed E-state index contributed by atoms with van der Waals surface area (Å²) in [6, 6.07) is 0.542. The molecule has 1 unspecified atom stereocenters. The fourth-order valence-electron chi connectivity index (χ4n) is 4.23. The summed E-state index contributed by atoms with van der Waals surface area (Å²) in [5, 5.41) is 3.75. The highest BCUT2D eigenvalue weighted by atomic mass is 16.6. The number of likely N-dealkylation sites (tertiary alicyclic amines) is 1. The third kappa shape index (κ3) is 5.37. The van der Waals surface area contributed by atoms with Crippen molar-refractivity contribution < 1.29 is 9.53 Å². The standard InChI is InChI=1S/C20H38N2O2/c1-16(2)9-13-21-17-10-14-22(18(23)24-19(3,4)5)20(15-17)11-7-6-8-12-20/h16-17,21H,6-15H2,1-5H3. The molecule has 1 aliphatic carbocycles. The van der Waals surface area contributed by atoms with E-state index in [0.29, 0.717) is 6.04 Å². The SMILES string of the molecule is CC(C)CCNC1CCN(C(=O)OC(C)(C)C)C2(CCCCC2)C1. The number of nitrogens with one attached hydrogen (secondary N) is 1. The molecule has 1 spiro atoms. The Labute approximate surface area is 148 Å². The summed E-state index contributed by atoms with van der Waals surface area (Å²) in [7, 11) is 0. The van der Waals surface area contributed by atoms with Crippen molar-refractivity contribution in [3.05, 3.63) is 0 Å². The van der Waals surface area contributed by atoms with Gasteiger partial charge in [0.05, 0.1) is 0 Å². The van der Waals surface area contributed by atoms with Gasteiger partial charge in [0.25, 0.3) is 0 Å². The van der Waals surface area contributed by atoms with Crippen LogP contribution in [0.25, 0.3) is 0 Å². The molecule has 1 atom stereocenters. The van der Waals surface area contributed by atoms with Gasteiger partial charge in [0, 0.05) is 18.1 Å². The van der Waals surface area contributed by atoms with Crippen LogP contribution in [0.2, 0.25) is 0 Å². The summed E-state index contributed by atoms with van der Waals surface area (Å²) in [5.74, 6) is 0.739. The molecule has 24 heavy (non-hydrogen) atoms. The minimum atomic E-state index is -0.417. The molecule has 0 aromatic rings. The van der Waals surface area contributed by atoms with Crippen molar-refractivity contribution in [2.24, 2.45) is 5.92 Å². The summed E-state index contributed by atoms with van der Waals surface area (Å²) in [4.78, 5) is 14.9. The maximum Gasteiger partial charge on any atom is 0.410 e. The molecule has 1 N–H and O–H groups in total. The highest BCUT2D eigenvalue weighted by Crippen LogP contribution is 2.41. The lowest BCUT2D eigenvalue weighted by Crippen LogP contribution is -2.61. The lowest BCUT2D eigenvalue weighted by Gasteiger charge is -2.51. The number of piperidine rings is 1. The minimum Gasteiger partial charge on any atom is -0.444 e. The molecule has 4 nitrogen and oxygen atoms in total. The molecule has 1 heterocycles. The zero-order chi connectivity index (χ0) is 17.8. The summed E-state index contributed by atoms with van der Waals surface area (Å²) in [6.07, 6.45) is 9.28. The molecule has 2 aliphatic rings. The molecule has 4 heteroatoms. The number of ether oxygens (including phenoxy) is 1. The predicted octanol–water partition coefficient (Wildman–Crippen LogP) is 4.72. The van der Waals surface area contributed by atoms with Crippen LogP contribution in [-0.2, 0) is 4.74 Å². The number of hydrogen-bond acceptors (Lipinski definition) is 3. The first kappa shape index (κ1) is 19.6. The number of hydrogen-bond donors (Lipinski definition) is 1. The number of nitrogens with zero attached hydrogens (tertiary/aromatic N) is 1. The van der Waals surface area contributed by atoms with E-state index in [1.807, 2.05) is 20.8 Å². The van der Waals surface area contributed by atoms with Crippen molar-refractivity contribution in [3.8, 4) is 0 Å².